The topological polar surface area (TPSA) is 49.0 Å². The third-order valence-corrected chi connectivity index (χ3v) is 5.58. The number of halogens is 1. The number of fused-ring (bicyclic) bond motifs is 1. The maximum absolute atomic E-state index is 13.3. The fourth-order valence-electron chi connectivity index (χ4n) is 3.28. The normalized spacial score (nSPS) is 14.1. The van der Waals surface area contributed by atoms with E-state index in [0.717, 1.165) is 36.3 Å². The van der Waals surface area contributed by atoms with Crippen LogP contribution in [0.15, 0.2) is 64.5 Å². The molecule has 3 aromatic rings. The number of rotatable bonds is 5. The number of nitrogens with zero attached hydrogens (tertiary/aromatic N) is 2. The number of hydrogen-bond acceptors (Lipinski definition) is 4. The summed E-state index contributed by atoms with van der Waals surface area (Å²) in [6, 6.07) is 16.8. The molecule has 2 aromatic carbocycles. The van der Waals surface area contributed by atoms with Gasteiger partial charge in [-0.05, 0) is 23.3 Å². The zero-order valence-corrected chi connectivity index (χ0v) is 15.6. The Balaban J connectivity index is 1.45. The summed E-state index contributed by atoms with van der Waals surface area (Å²) in [5.74, 6) is 0.318. The number of nitrogens with one attached hydrogen (secondary N) is 1. The third-order valence-electron chi connectivity index (χ3n) is 4.64. The Bertz CT molecular complexity index is 990. The standard InChI is InChI=1S/C21H20FN3OS/c22-17-8-4-7-16(11-17)14-27-21-23-19-9-10-25(13-18(19)20(26)24-21)12-15-5-2-1-3-6-15/h1-8,11H,9-10,12-14H2,(H,23,24,26). The van der Waals surface area contributed by atoms with Gasteiger partial charge in [-0.1, -0.05) is 54.2 Å². The van der Waals surface area contributed by atoms with Crippen molar-refractivity contribution in [3.63, 3.8) is 0 Å². The first-order valence-electron chi connectivity index (χ1n) is 8.93. The molecule has 1 aliphatic rings. The molecule has 0 atom stereocenters. The number of aromatic amines is 1. The lowest BCUT2D eigenvalue weighted by Gasteiger charge is -2.27. The lowest BCUT2D eigenvalue weighted by Crippen LogP contribution is -2.35. The van der Waals surface area contributed by atoms with Gasteiger partial charge in [0.2, 0.25) is 0 Å². The second-order valence-corrected chi connectivity index (χ2v) is 7.63. The van der Waals surface area contributed by atoms with Crippen molar-refractivity contribution in [3.05, 3.63) is 93.2 Å². The van der Waals surface area contributed by atoms with Crippen LogP contribution in [0.3, 0.4) is 0 Å². The molecule has 4 nitrogen and oxygen atoms in total. The molecule has 1 aliphatic heterocycles. The molecule has 0 amide bonds. The van der Waals surface area contributed by atoms with E-state index in [1.54, 1.807) is 6.07 Å². The average Bonchev–Trinajstić information content (AvgIpc) is 2.68. The Hall–Kier alpha value is -2.44. The molecule has 1 aromatic heterocycles. The Morgan fingerprint density at radius 1 is 1.11 bits per heavy atom. The Morgan fingerprint density at radius 2 is 1.93 bits per heavy atom. The summed E-state index contributed by atoms with van der Waals surface area (Å²) in [4.78, 5) is 22.3. The molecule has 0 saturated carbocycles. The van der Waals surface area contributed by atoms with Gasteiger partial charge in [-0.15, -0.1) is 0 Å². The van der Waals surface area contributed by atoms with Gasteiger partial charge in [0.15, 0.2) is 5.16 Å². The molecule has 2 heterocycles. The van der Waals surface area contributed by atoms with Crippen molar-refractivity contribution in [1.29, 1.82) is 0 Å². The van der Waals surface area contributed by atoms with Gasteiger partial charge >= 0.3 is 0 Å². The minimum Gasteiger partial charge on any atom is -0.301 e. The van der Waals surface area contributed by atoms with Crippen LogP contribution in [0.4, 0.5) is 4.39 Å². The smallest absolute Gasteiger partial charge is 0.256 e. The van der Waals surface area contributed by atoms with E-state index < -0.39 is 0 Å². The summed E-state index contributed by atoms with van der Waals surface area (Å²) in [7, 11) is 0. The van der Waals surface area contributed by atoms with Crippen molar-refractivity contribution in [2.75, 3.05) is 6.54 Å². The van der Waals surface area contributed by atoms with Crippen LogP contribution < -0.4 is 5.56 Å². The zero-order valence-electron chi connectivity index (χ0n) is 14.8. The highest BCUT2D eigenvalue weighted by Crippen LogP contribution is 2.22. The molecule has 0 aliphatic carbocycles. The SMILES string of the molecule is O=c1[nH]c(SCc2cccc(F)c2)nc2c1CN(Cc1ccccc1)CC2. The van der Waals surface area contributed by atoms with E-state index in [1.807, 2.05) is 24.3 Å². The van der Waals surface area contributed by atoms with Gasteiger partial charge in [0.1, 0.15) is 5.82 Å². The first kappa shape index (κ1) is 17.9. The Labute approximate surface area is 161 Å². The summed E-state index contributed by atoms with van der Waals surface area (Å²) in [6.07, 6.45) is 0.764. The van der Waals surface area contributed by atoms with Crippen molar-refractivity contribution < 1.29 is 4.39 Å². The van der Waals surface area contributed by atoms with Crippen LogP contribution in [0.25, 0.3) is 0 Å². The number of thioether (sulfide) groups is 1. The summed E-state index contributed by atoms with van der Waals surface area (Å²) < 4.78 is 13.3. The molecular weight excluding hydrogens is 361 g/mol. The molecule has 4 rings (SSSR count). The molecule has 0 bridgehead atoms. The molecule has 0 unspecified atom stereocenters. The van der Waals surface area contributed by atoms with Crippen LogP contribution in [0, 0.1) is 5.82 Å². The number of hydrogen-bond donors (Lipinski definition) is 1. The van der Waals surface area contributed by atoms with Crippen LogP contribution in [0.5, 0.6) is 0 Å². The van der Waals surface area contributed by atoms with Gasteiger partial charge in [-0.2, -0.15) is 0 Å². The van der Waals surface area contributed by atoms with Crippen molar-refractivity contribution in [3.8, 4) is 0 Å². The second kappa shape index (κ2) is 8.06. The maximum atomic E-state index is 13.3. The second-order valence-electron chi connectivity index (χ2n) is 6.66. The monoisotopic (exact) mass is 381 g/mol. The van der Waals surface area contributed by atoms with Gasteiger partial charge in [0.05, 0.1) is 11.3 Å². The van der Waals surface area contributed by atoms with Gasteiger partial charge in [-0.3, -0.25) is 9.69 Å². The molecule has 138 valence electrons. The molecule has 0 saturated heterocycles. The van der Waals surface area contributed by atoms with Gasteiger partial charge in [0.25, 0.3) is 5.56 Å². The van der Waals surface area contributed by atoms with Gasteiger partial charge in [0, 0.05) is 31.8 Å². The minimum absolute atomic E-state index is 0.0699. The van der Waals surface area contributed by atoms with E-state index in [2.05, 4.69) is 27.0 Å². The van der Waals surface area contributed by atoms with E-state index in [9.17, 15) is 9.18 Å². The highest BCUT2D eigenvalue weighted by molar-refractivity contribution is 7.98. The lowest BCUT2D eigenvalue weighted by atomic mass is 10.1. The predicted molar refractivity (Wildman–Crippen MR) is 105 cm³/mol. The largest absolute Gasteiger partial charge is 0.301 e. The van der Waals surface area contributed by atoms with E-state index in [0.29, 0.717) is 17.5 Å². The first-order valence-corrected chi connectivity index (χ1v) is 9.91. The average molecular weight is 381 g/mol. The lowest BCUT2D eigenvalue weighted by molar-refractivity contribution is 0.241. The van der Waals surface area contributed by atoms with Crippen molar-refractivity contribution in [1.82, 2.24) is 14.9 Å². The Morgan fingerprint density at radius 3 is 2.74 bits per heavy atom. The fourth-order valence-corrected chi connectivity index (χ4v) is 4.10. The van der Waals surface area contributed by atoms with Crippen LogP contribution in [-0.2, 0) is 25.3 Å². The number of aromatic nitrogens is 2. The predicted octanol–water partition coefficient (Wildman–Crippen LogP) is 3.76. The summed E-state index contributed by atoms with van der Waals surface area (Å²) >= 11 is 1.43. The first-order chi connectivity index (χ1) is 13.2. The molecule has 0 spiro atoms. The van der Waals surface area contributed by atoms with E-state index in [-0.39, 0.29) is 11.4 Å². The summed E-state index contributed by atoms with van der Waals surface area (Å²) in [5, 5.41) is 0.597. The molecule has 6 heteroatoms. The molecule has 1 N–H and O–H groups in total. The van der Waals surface area contributed by atoms with Crippen molar-refractivity contribution >= 4 is 11.8 Å². The molecular formula is C21H20FN3OS. The summed E-state index contributed by atoms with van der Waals surface area (Å²) in [5.41, 5.74) is 3.68. The van der Waals surface area contributed by atoms with Crippen LogP contribution in [0.1, 0.15) is 22.4 Å². The van der Waals surface area contributed by atoms with Crippen molar-refractivity contribution in [2.24, 2.45) is 0 Å². The number of H-pyrrole nitrogens is 1. The molecule has 0 fully saturated rings. The Kier molecular flexibility index (Phi) is 5.36. The van der Waals surface area contributed by atoms with Crippen molar-refractivity contribution in [2.45, 2.75) is 30.4 Å². The molecule has 0 radical (unpaired) electrons. The maximum Gasteiger partial charge on any atom is 0.256 e. The third kappa shape index (κ3) is 4.46. The van der Waals surface area contributed by atoms with E-state index in [4.69, 9.17) is 0 Å². The highest BCUT2D eigenvalue weighted by Gasteiger charge is 2.21. The summed E-state index contributed by atoms with van der Waals surface area (Å²) in [6.45, 7) is 2.32. The van der Waals surface area contributed by atoms with E-state index >= 15 is 0 Å². The number of benzene rings is 2. The van der Waals surface area contributed by atoms with Gasteiger partial charge in [-0.25, -0.2) is 9.37 Å². The zero-order chi connectivity index (χ0) is 18.6. The fraction of sp³-hybridized carbons (Fsp3) is 0.238. The van der Waals surface area contributed by atoms with Crippen LogP contribution in [0.2, 0.25) is 0 Å². The van der Waals surface area contributed by atoms with Gasteiger partial charge < -0.3 is 4.98 Å². The van der Waals surface area contributed by atoms with Crippen LogP contribution in [-0.4, -0.2) is 21.4 Å². The van der Waals surface area contributed by atoms with Crippen LogP contribution >= 0.6 is 11.8 Å². The molecule has 27 heavy (non-hydrogen) atoms. The highest BCUT2D eigenvalue weighted by atomic mass is 32.2. The minimum atomic E-state index is -0.251. The van der Waals surface area contributed by atoms with E-state index in [1.165, 1.54) is 29.5 Å². The quantitative estimate of drug-likeness (QED) is 0.540.